The van der Waals surface area contributed by atoms with Crippen LogP contribution < -0.4 is 4.72 Å². The molecular formula is C23H21NO4S. The fourth-order valence-electron chi connectivity index (χ4n) is 2.84. The second-order valence-electron chi connectivity index (χ2n) is 7.02. The van der Waals surface area contributed by atoms with E-state index in [1.807, 2.05) is 42.5 Å². The van der Waals surface area contributed by atoms with E-state index in [4.69, 9.17) is 0 Å². The Bertz CT molecular complexity index is 1200. The van der Waals surface area contributed by atoms with E-state index >= 15 is 0 Å². The Balaban J connectivity index is 1.79. The van der Waals surface area contributed by atoms with Gasteiger partial charge in [0, 0.05) is 11.1 Å². The normalized spacial score (nSPS) is 12.4. The molecule has 0 fully saturated rings. The lowest BCUT2D eigenvalue weighted by molar-refractivity contribution is -0.140. The average molecular weight is 407 g/mol. The molecule has 0 aliphatic heterocycles. The van der Waals surface area contributed by atoms with Crippen molar-refractivity contribution in [3.63, 3.8) is 0 Å². The van der Waals surface area contributed by atoms with Gasteiger partial charge in [-0.15, -0.1) is 0 Å². The molecule has 3 rings (SSSR count). The maximum atomic E-state index is 12.5. The topological polar surface area (TPSA) is 83.5 Å². The molecule has 0 bridgehead atoms. The van der Waals surface area contributed by atoms with Crippen molar-refractivity contribution in [2.75, 3.05) is 0 Å². The van der Waals surface area contributed by atoms with Gasteiger partial charge < -0.3 is 5.11 Å². The molecule has 29 heavy (non-hydrogen) atoms. The summed E-state index contributed by atoms with van der Waals surface area (Å²) in [5.41, 5.74) is 1.53. The van der Waals surface area contributed by atoms with Crippen LogP contribution in [0.3, 0.4) is 0 Å². The van der Waals surface area contributed by atoms with Gasteiger partial charge in [0.2, 0.25) is 10.0 Å². The molecule has 3 aromatic rings. The molecule has 0 radical (unpaired) electrons. The fourth-order valence-corrected chi connectivity index (χ4v) is 4.17. The van der Waals surface area contributed by atoms with Gasteiger partial charge in [0.25, 0.3) is 0 Å². The molecule has 6 heteroatoms. The van der Waals surface area contributed by atoms with Crippen LogP contribution in [-0.2, 0) is 14.8 Å². The number of nitrogens with one attached hydrogen (secondary N) is 1. The Kier molecular flexibility index (Phi) is 6.02. The third-order valence-electron chi connectivity index (χ3n) is 4.48. The van der Waals surface area contributed by atoms with Crippen molar-refractivity contribution in [1.82, 2.24) is 4.72 Å². The van der Waals surface area contributed by atoms with Crippen LogP contribution in [0, 0.1) is 17.8 Å². The molecule has 5 nitrogen and oxygen atoms in total. The Hall–Kier alpha value is -3.14. The standard InChI is InChI=1S/C23H21NO4S/c1-16(2)22(23(25)26)24-29(27,28)21-13-10-17(11-14-21)7-8-18-9-12-19-5-3-4-6-20(19)15-18/h3-6,9-16,22,24H,1-2H3,(H,25,26). The van der Waals surface area contributed by atoms with Gasteiger partial charge >= 0.3 is 5.97 Å². The molecule has 1 atom stereocenters. The highest BCUT2D eigenvalue weighted by Crippen LogP contribution is 2.16. The van der Waals surface area contributed by atoms with Crippen molar-refractivity contribution in [3.8, 4) is 11.8 Å². The molecule has 0 heterocycles. The smallest absolute Gasteiger partial charge is 0.322 e. The minimum atomic E-state index is -3.94. The number of benzene rings is 3. The lowest BCUT2D eigenvalue weighted by Crippen LogP contribution is -2.44. The highest BCUT2D eigenvalue weighted by atomic mass is 32.2. The maximum Gasteiger partial charge on any atom is 0.322 e. The Morgan fingerprint density at radius 3 is 2.10 bits per heavy atom. The van der Waals surface area contributed by atoms with Gasteiger partial charge in [-0.1, -0.05) is 56.0 Å². The molecule has 1 unspecified atom stereocenters. The fraction of sp³-hybridized carbons (Fsp3) is 0.174. The minimum Gasteiger partial charge on any atom is -0.480 e. The molecular weight excluding hydrogens is 386 g/mol. The zero-order valence-corrected chi connectivity index (χ0v) is 16.9. The summed E-state index contributed by atoms with van der Waals surface area (Å²) in [6.07, 6.45) is 0. The number of rotatable bonds is 5. The number of fused-ring (bicyclic) bond motifs is 1. The lowest BCUT2D eigenvalue weighted by atomic mass is 10.1. The second kappa shape index (κ2) is 8.48. The summed E-state index contributed by atoms with van der Waals surface area (Å²) in [6, 6.07) is 18.8. The first-order valence-corrected chi connectivity index (χ1v) is 10.6. The summed E-state index contributed by atoms with van der Waals surface area (Å²) < 4.78 is 27.2. The van der Waals surface area contributed by atoms with Crippen molar-refractivity contribution in [1.29, 1.82) is 0 Å². The number of sulfonamides is 1. The highest BCUT2D eigenvalue weighted by molar-refractivity contribution is 7.89. The summed E-state index contributed by atoms with van der Waals surface area (Å²) in [5.74, 6) is 4.52. The maximum absolute atomic E-state index is 12.5. The van der Waals surface area contributed by atoms with E-state index in [2.05, 4.69) is 16.6 Å². The molecule has 0 aliphatic carbocycles. The van der Waals surface area contributed by atoms with Crippen LogP contribution in [0.25, 0.3) is 10.8 Å². The van der Waals surface area contributed by atoms with Crippen LogP contribution in [0.2, 0.25) is 0 Å². The Morgan fingerprint density at radius 1 is 0.897 bits per heavy atom. The van der Waals surface area contributed by atoms with Crippen molar-refractivity contribution in [2.45, 2.75) is 24.8 Å². The number of aliphatic carboxylic acids is 1. The lowest BCUT2D eigenvalue weighted by Gasteiger charge is -2.17. The van der Waals surface area contributed by atoms with E-state index in [0.29, 0.717) is 5.56 Å². The van der Waals surface area contributed by atoms with Crippen molar-refractivity contribution in [2.24, 2.45) is 5.92 Å². The van der Waals surface area contributed by atoms with Gasteiger partial charge in [0.05, 0.1) is 4.90 Å². The van der Waals surface area contributed by atoms with Crippen LogP contribution in [-0.4, -0.2) is 25.5 Å². The monoisotopic (exact) mass is 407 g/mol. The number of carboxylic acid groups (broad SMARTS) is 1. The van der Waals surface area contributed by atoms with Crippen LogP contribution in [0.4, 0.5) is 0 Å². The molecule has 0 saturated carbocycles. The van der Waals surface area contributed by atoms with Crippen LogP contribution in [0.5, 0.6) is 0 Å². The first-order valence-electron chi connectivity index (χ1n) is 9.12. The predicted molar refractivity (Wildman–Crippen MR) is 113 cm³/mol. The number of hydrogen-bond donors (Lipinski definition) is 2. The molecule has 0 amide bonds. The predicted octanol–water partition coefficient (Wildman–Crippen LogP) is 3.63. The molecule has 3 aromatic carbocycles. The minimum absolute atomic E-state index is 0.000607. The van der Waals surface area contributed by atoms with Gasteiger partial charge in [-0.05, 0) is 53.1 Å². The third-order valence-corrected chi connectivity index (χ3v) is 5.94. The van der Waals surface area contributed by atoms with Crippen LogP contribution >= 0.6 is 0 Å². The van der Waals surface area contributed by atoms with E-state index in [1.54, 1.807) is 26.0 Å². The quantitative estimate of drug-likeness (QED) is 0.633. The van der Waals surface area contributed by atoms with E-state index in [0.717, 1.165) is 16.3 Å². The van der Waals surface area contributed by atoms with Gasteiger partial charge in [-0.3, -0.25) is 4.79 Å². The Labute approximate surface area is 170 Å². The number of carboxylic acids is 1. The number of hydrogen-bond acceptors (Lipinski definition) is 3. The third kappa shape index (κ3) is 5.02. The van der Waals surface area contributed by atoms with Crippen molar-refractivity contribution >= 4 is 26.8 Å². The van der Waals surface area contributed by atoms with E-state index < -0.39 is 22.0 Å². The molecule has 0 aliphatic rings. The zero-order chi connectivity index (χ0) is 21.0. The molecule has 0 aromatic heterocycles. The summed E-state index contributed by atoms with van der Waals surface area (Å²) in [4.78, 5) is 11.3. The first-order chi connectivity index (χ1) is 13.8. The molecule has 148 valence electrons. The van der Waals surface area contributed by atoms with E-state index in [-0.39, 0.29) is 10.8 Å². The van der Waals surface area contributed by atoms with E-state index in [9.17, 15) is 18.3 Å². The largest absolute Gasteiger partial charge is 0.480 e. The summed E-state index contributed by atoms with van der Waals surface area (Å²) in [6.45, 7) is 3.29. The highest BCUT2D eigenvalue weighted by Gasteiger charge is 2.27. The van der Waals surface area contributed by atoms with Crippen molar-refractivity contribution < 1.29 is 18.3 Å². The van der Waals surface area contributed by atoms with Crippen molar-refractivity contribution in [3.05, 3.63) is 77.9 Å². The van der Waals surface area contributed by atoms with Crippen LogP contribution in [0.15, 0.2) is 71.6 Å². The summed E-state index contributed by atoms with van der Waals surface area (Å²) >= 11 is 0. The zero-order valence-electron chi connectivity index (χ0n) is 16.1. The van der Waals surface area contributed by atoms with Gasteiger partial charge in [0.1, 0.15) is 6.04 Å². The molecule has 0 spiro atoms. The second-order valence-corrected chi connectivity index (χ2v) is 8.73. The van der Waals surface area contributed by atoms with Gasteiger partial charge in [-0.25, -0.2) is 8.42 Å². The van der Waals surface area contributed by atoms with Gasteiger partial charge in [0.15, 0.2) is 0 Å². The SMILES string of the molecule is CC(C)C(NS(=O)(=O)c1ccc(C#Cc2ccc3ccccc3c2)cc1)C(=O)O. The Morgan fingerprint density at radius 2 is 1.48 bits per heavy atom. The summed E-state index contributed by atoms with van der Waals surface area (Å²) in [5, 5.41) is 11.4. The average Bonchev–Trinajstić information content (AvgIpc) is 2.70. The van der Waals surface area contributed by atoms with E-state index in [1.165, 1.54) is 12.1 Å². The summed E-state index contributed by atoms with van der Waals surface area (Å²) in [7, 11) is -3.94. The molecule has 0 saturated heterocycles. The number of carbonyl (C=O) groups is 1. The molecule has 2 N–H and O–H groups in total. The van der Waals surface area contributed by atoms with Crippen LogP contribution in [0.1, 0.15) is 25.0 Å². The first kappa shape index (κ1) is 20.6. The van der Waals surface area contributed by atoms with Gasteiger partial charge in [-0.2, -0.15) is 4.72 Å².